The zero-order valence-electron chi connectivity index (χ0n) is 25.4. The van der Waals surface area contributed by atoms with Crippen LogP contribution in [-0.2, 0) is 20.9 Å². The maximum Gasteiger partial charge on any atom is 0.295 e. The molecule has 1 N–H and O–H groups in total. The van der Waals surface area contributed by atoms with E-state index in [9.17, 15) is 14.7 Å². The number of benzene rings is 3. The highest BCUT2D eigenvalue weighted by atomic mass is 16.5. The van der Waals surface area contributed by atoms with Crippen molar-refractivity contribution in [2.45, 2.75) is 32.4 Å². The number of hydrogen-bond acceptors (Lipinski definition) is 8. The van der Waals surface area contributed by atoms with E-state index >= 15 is 0 Å². The molecule has 232 valence electrons. The van der Waals surface area contributed by atoms with Gasteiger partial charge in [0.25, 0.3) is 11.7 Å². The van der Waals surface area contributed by atoms with Gasteiger partial charge in [0.05, 0.1) is 38.5 Å². The van der Waals surface area contributed by atoms with Gasteiger partial charge in [-0.1, -0.05) is 49.7 Å². The summed E-state index contributed by atoms with van der Waals surface area (Å²) in [5, 5.41) is 11.6. The molecule has 3 aromatic carbocycles. The van der Waals surface area contributed by atoms with Crippen LogP contribution in [0.1, 0.15) is 42.5 Å². The predicted octanol–water partition coefficient (Wildman–Crippen LogP) is 5.21. The average molecular weight is 601 g/mol. The quantitative estimate of drug-likeness (QED) is 0.124. The Bertz CT molecular complexity index is 1450. The third kappa shape index (κ3) is 7.23. The van der Waals surface area contributed by atoms with E-state index in [2.05, 4.69) is 11.8 Å². The number of hydrogen-bond donors (Lipinski definition) is 1. The fourth-order valence-corrected chi connectivity index (χ4v) is 5.44. The molecule has 2 fully saturated rings. The lowest BCUT2D eigenvalue weighted by Gasteiger charge is -2.31. The molecule has 0 spiro atoms. The molecule has 2 aliphatic rings. The summed E-state index contributed by atoms with van der Waals surface area (Å²) in [7, 11) is 1.56. The first-order chi connectivity index (χ1) is 21.5. The number of morpholine rings is 1. The summed E-state index contributed by atoms with van der Waals surface area (Å²) >= 11 is 0. The Morgan fingerprint density at radius 3 is 2.39 bits per heavy atom. The van der Waals surface area contributed by atoms with Crippen molar-refractivity contribution in [3.8, 4) is 17.2 Å². The second-order valence-electron chi connectivity index (χ2n) is 10.9. The summed E-state index contributed by atoms with van der Waals surface area (Å²) in [5.74, 6) is 0.102. The lowest BCUT2D eigenvalue weighted by Crippen LogP contribution is -2.42. The van der Waals surface area contributed by atoms with E-state index in [0.29, 0.717) is 67.9 Å². The SMILES string of the molecule is CCCCOc1ccc(C2C(=C(O)c3ccc(OCc4ccccc4)cc3)C(=O)C(=O)N2CCN2CCOCC2)cc1OC. The maximum absolute atomic E-state index is 13.6. The van der Waals surface area contributed by atoms with Gasteiger partial charge in [-0.3, -0.25) is 14.5 Å². The molecule has 9 heteroatoms. The molecule has 2 aliphatic heterocycles. The molecule has 0 aliphatic carbocycles. The van der Waals surface area contributed by atoms with Crippen LogP contribution in [0.15, 0.2) is 78.4 Å². The van der Waals surface area contributed by atoms with Crippen molar-refractivity contribution in [3.05, 3.63) is 95.1 Å². The van der Waals surface area contributed by atoms with Crippen molar-refractivity contribution in [1.82, 2.24) is 9.80 Å². The Morgan fingerprint density at radius 2 is 1.68 bits per heavy atom. The predicted molar refractivity (Wildman–Crippen MR) is 167 cm³/mol. The number of nitrogens with zero attached hydrogens (tertiary/aromatic N) is 2. The van der Waals surface area contributed by atoms with E-state index < -0.39 is 17.7 Å². The number of carbonyl (C=O) groups is 2. The van der Waals surface area contributed by atoms with Crippen molar-refractivity contribution in [3.63, 3.8) is 0 Å². The zero-order valence-corrected chi connectivity index (χ0v) is 25.4. The maximum atomic E-state index is 13.6. The lowest BCUT2D eigenvalue weighted by molar-refractivity contribution is -0.140. The Balaban J connectivity index is 1.45. The van der Waals surface area contributed by atoms with Crippen molar-refractivity contribution in [2.24, 2.45) is 0 Å². The summed E-state index contributed by atoms with van der Waals surface area (Å²) in [6.45, 7) is 6.71. The number of carbonyl (C=O) groups excluding carboxylic acids is 2. The molecule has 0 aromatic heterocycles. The summed E-state index contributed by atoms with van der Waals surface area (Å²) in [4.78, 5) is 30.8. The molecule has 9 nitrogen and oxygen atoms in total. The molecule has 3 aromatic rings. The van der Waals surface area contributed by atoms with Crippen LogP contribution in [0.3, 0.4) is 0 Å². The Hall–Kier alpha value is -4.34. The van der Waals surface area contributed by atoms with Gasteiger partial charge in [0.2, 0.25) is 0 Å². The van der Waals surface area contributed by atoms with Gasteiger partial charge in [-0.2, -0.15) is 0 Å². The number of likely N-dealkylation sites (tertiary alicyclic amines) is 1. The van der Waals surface area contributed by atoms with Gasteiger partial charge in [0.1, 0.15) is 18.1 Å². The molecule has 2 saturated heterocycles. The number of rotatable bonds is 13. The minimum Gasteiger partial charge on any atom is -0.507 e. The monoisotopic (exact) mass is 600 g/mol. The number of ether oxygens (including phenoxy) is 4. The van der Waals surface area contributed by atoms with Gasteiger partial charge < -0.3 is 29.0 Å². The van der Waals surface area contributed by atoms with Crippen LogP contribution in [0.2, 0.25) is 0 Å². The molecule has 1 atom stereocenters. The largest absolute Gasteiger partial charge is 0.507 e. The number of unbranched alkanes of at least 4 members (excludes halogenated alkanes) is 1. The van der Waals surface area contributed by atoms with E-state index in [1.54, 1.807) is 48.4 Å². The molecule has 5 rings (SSSR count). The van der Waals surface area contributed by atoms with E-state index in [4.69, 9.17) is 18.9 Å². The van der Waals surface area contributed by atoms with Crippen LogP contribution in [0.25, 0.3) is 5.76 Å². The van der Waals surface area contributed by atoms with Crippen LogP contribution in [0.5, 0.6) is 17.2 Å². The minimum atomic E-state index is -0.802. The molecular weight excluding hydrogens is 560 g/mol. The fraction of sp³-hybridized carbons (Fsp3) is 0.371. The standard InChI is InChI=1S/C35H40N2O7/c1-3-4-20-43-29-15-12-27(23-30(29)41-2)32-31(34(39)35(40)37(32)17-16-36-18-21-42-22-19-36)33(38)26-10-13-28(14-11-26)44-24-25-8-6-5-7-9-25/h5-15,23,32,38H,3-4,16-22,24H2,1-2H3. The van der Waals surface area contributed by atoms with Crippen LogP contribution in [0, 0.1) is 0 Å². The second-order valence-corrected chi connectivity index (χ2v) is 10.9. The van der Waals surface area contributed by atoms with Gasteiger partial charge in [0, 0.05) is 31.7 Å². The number of aliphatic hydroxyl groups is 1. The number of ketones is 1. The van der Waals surface area contributed by atoms with Crippen molar-refractivity contribution in [2.75, 3.05) is 53.1 Å². The third-order valence-corrected chi connectivity index (χ3v) is 7.94. The smallest absolute Gasteiger partial charge is 0.295 e. The molecular formula is C35H40N2O7. The van der Waals surface area contributed by atoms with E-state index in [-0.39, 0.29) is 11.3 Å². The highest BCUT2D eigenvalue weighted by Crippen LogP contribution is 2.42. The number of amides is 1. The number of methoxy groups -OCH3 is 1. The Kier molecular flexibility index (Phi) is 10.5. The fourth-order valence-electron chi connectivity index (χ4n) is 5.44. The van der Waals surface area contributed by atoms with Gasteiger partial charge in [0.15, 0.2) is 11.5 Å². The topological polar surface area (TPSA) is 97.8 Å². The number of aliphatic hydroxyl groups excluding tert-OH is 1. The van der Waals surface area contributed by atoms with Crippen molar-refractivity contribution >= 4 is 17.4 Å². The molecule has 0 bridgehead atoms. The normalized spacial score (nSPS) is 18.4. The van der Waals surface area contributed by atoms with E-state index in [0.717, 1.165) is 31.5 Å². The van der Waals surface area contributed by atoms with Crippen LogP contribution >= 0.6 is 0 Å². The third-order valence-electron chi connectivity index (χ3n) is 7.94. The molecule has 2 heterocycles. The van der Waals surface area contributed by atoms with Crippen LogP contribution in [0.4, 0.5) is 0 Å². The highest BCUT2D eigenvalue weighted by Gasteiger charge is 2.46. The van der Waals surface area contributed by atoms with Crippen molar-refractivity contribution < 1.29 is 33.6 Å². The Morgan fingerprint density at radius 1 is 0.932 bits per heavy atom. The summed E-state index contributed by atoms with van der Waals surface area (Å²) in [6, 6.07) is 21.3. The average Bonchev–Trinajstić information content (AvgIpc) is 3.32. The Labute approximate surface area is 258 Å². The summed E-state index contributed by atoms with van der Waals surface area (Å²) in [5.41, 5.74) is 2.14. The first-order valence-electron chi connectivity index (χ1n) is 15.2. The molecule has 1 unspecified atom stereocenters. The van der Waals surface area contributed by atoms with Gasteiger partial charge in [-0.15, -0.1) is 0 Å². The van der Waals surface area contributed by atoms with Crippen LogP contribution in [-0.4, -0.2) is 79.7 Å². The first-order valence-corrected chi connectivity index (χ1v) is 15.2. The minimum absolute atomic E-state index is 0.0386. The lowest BCUT2D eigenvalue weighted by atomic mass is 9.95. The summed E-state index contributed by atoms with van der Waals surface area (Å²) in [6.07, 6.45) is 1.90. The van der Waals surface area contributed by atoms with Crippen molar-refractivity contribution in [1.29, 1.82) is 0 Å². The second kappa shape index (κ2) is 14.9. The zero-order chi connectivity index (χ0) is 30.9. The highest BCUT2D eigenvalue weighted by molar-refractivity contribution is 6.46. The molecule has 0 saturated carbocycles. The number of Topliss-reactive ketones (excluding diaryl/α,β-unsaturated/α-hetero) is 1. The summed E-state index contributed by atoms with van der Waals surface area (Å²) < 4.78 is 22.9. The first kappa shape index (κ1) is 31.1. The molecule has 0 radical (unpaired) electrons. The van der Waals surface area contributed by atoms with Gasteiger partial charge >= 0.3 is 0 Å². The van der Waals surface area contributed by atoms with Crippen LogP contribution < -0.4 is 14.2 Å². The van der Waals surface area contributed by atoms with E-state index in [1.165, 1.54) is 0 Å². The van der Waals surface area contributed by atoms with Gasteiger partial charge in [-0.25, -0.2) is 0 Å². The van der Waals surface area contributed by atoms with Gasteiger partial charge in [-0.05, 0) is 53.9 Å². The van der Waals surface area contributed by atoms with E-state index in [1.807, 2.05) is 36.4 Å². The molecule has 44 heavy (non-hydrogen) atoms. The molecule has 1 amide bonds.